The normalized spacial score (nSPS) is 16.2. The van der Waals surface area contributed by atoms with Crippen LogP contribution in [0, 0.1) is 0 Å². The molecule has 3 rings (SSSR count). The van der Waals surface area contributed by atoms with Gasteiger partial charge in [0.1, 0.15) is 6.61 Å². The molecule has 2 heterocycles. The van der Waals surface area contributed by atoms with E-state index in [-0.39, 0.29) is 35.7 Å². The highest BCUT2D eigenvalue weighted by atomic mass is 16.5. The highest BCUT2D eigenvalue weighted by molar-refractivity contribution is 5.95. The molecule has 0 radical (unpaired) electrons. The van der Waals surface area contributed by atoms with E-state index in [4.69, 9.17) is 19.6 Å². The lowest BCUT2D eigenvalue weighted by Crippen LogP contribution is -2.45. The van der Waals surface area contributed by atoms with E-state index in [0.29, 0.717) is 19.6 Å². The standard InChI is InChI=1S/C20H23NO5/c21-20(9-12-24-13-10-20)8-6-16(22)18-19(17(23)7-11-25-18)26-14-15-4-2-1-3-5-15/h1-5,7,11H,6,8-10,12-14,21H2. The summed E-state index contributed by atoms with van der Waals surface area (Å²) in [6.07, 6.45) is 3.38. The zero-order valence-corrected chi connectivity index (χ0v) is 14.6. The van der Waals surface area contributed by atoms with Crippen molar-refractivity contribution in [2.24, 2.45) is 5.73 Å². The number of Topliss-reactive ketones (excluding diaryl/α,β-unsaturated/α-hetero) is 1. The number of ketones is 1. The highest BCUT2D eigenvalue weighted by Gasteiger charge is 2.29. The van der Waals surface area contributed by atoms with Crippen LogP contribution in [0.4, 0.5) is 0 Å². The molecule has 0 bridgehead atoms. The maximum absolute atomic E-state index is 12.6. The molecule has 0 atom stereocenters. The first-order valence-electron chi connectivity index (χ1n) is 8.76. The molecule has 0 aliphatic carbocycles. The third kappa shape index (κ3) is 4.59. The van der Waals surface area contributed by atoms with E-state index in [1.807, 2.05) is 30.3 Å². The molecule has 6 heteroatoms. The average Bonchev–Trinajstić information content (AvgIpc) is 2.66. The number of carbonyl (C=O) groups is 1. The van der Waals surface area contributed by atoms with Crippen molar-refractivity contribution in [2.75, 3.05) is 13.2 Å². The van der Waals surface area contributed by atoms with E-state index in [9.17, 15) is 9.59 Å². The maximum Gasteiger partial charge on any atom is 0.227 e. The summed E-state index contributed by atoms with van der Waals surface area (Å²) in [5.74, 6) is -0.356. The second kappa shape index (κ2) is 8.29. The van der Waals surface area contributed by atoms with Crippen LogP contribution in [0.3, 0.4) is 0 Å². The van der Waals surface area contributed by atoms with Gasteiger partial charge in [0, 0.05) is 31.2 Å². The molecular formula is C20H23NO5. The second-order valence-electron chi connectivity index (χ2n) is 6.62. The van der Waals surface area contributed by atoms with Gasteiger partial charge in [-0.1, -0.05) is 30.3 Å². The van der Waals surface area contributed by atoms with Crippen LogP contribution in [-0.2, 0) is 11.3 Å². The minimum atomic E-state index is -0.409. The van der Waals surface area contributed by atoms with Gasteiger partial charge in [-0.15, -0.1) is 0 Å². The fraction of sp³-hybridized carbons (Fsp3) is 0.400. The summed E-state index contributed by atoms with van der Waals surface area (Å²) in [6, 6.07) is 10.7. The zero-order valence-electron chi connectivity index (χ0n) is 14.6. The van der Waals surface area contributed by atoms with Crippen molar-refractivity contribution in [1.82, 2.24) is 0 Å². The summed E-state index contributed by atoms with van der Waals surface area (Å²) in [7, 11) is 0. The van der Waals surface area contributed by atoms with Crippen molar-refractivity contribution in [3.63, 3.8) is 0 Å². The Labute approximate surface area is 151 Å². The van der Waals surface area contributed by atoms with Crippen LogP contribution in [-0.4, -0.2) is 24.5 Å². The minimum Gasteiger partial charge on any atom is -0.481 e. The van der Waals surface area contributed by atoms with E-state index >= 15 is 0 Å². The summed E-state index contributed by atoms with van der Waals surface area (Å²) in [6.45, 7) is 1.40. The van der Waals surface area contributed by atoms with Crippen molar-refractivity contribution in [3.8, 4) is 5.75 Å². The topological polar surface area (TPSA) is 91.8 Å². The third-order valence-corrected chi connectivity index (χ3v) is 4.65. The van der Waals surface area contributed by atoms with Crippen LogP contribution in [0.25, 0.3) is 0 Å². The van der Waals surface area contributed by atoms with Crippen molar-refractivity contribution < 1.29 is 18.7 Å². The molecule has 1 saturated heterocycles. The van der Waals surface area contributed by atoms with Gasteiger partial charge in [0.15, 0.2) is 0 Å². The summed E-state index contributed by atoms with van der Waals surface area (Å²) in [4.78, 5) is 24.8. The van der Waals surface area contributed by atoms with Gasteiger partial charge in [0.2, 0.25) is 22.7 Å². The molecule has 1 fully saturated rings. The quantitative estimate of drug-likeness (QED) is 0.766. The van der Waals surface area contributed by atoms with E-state index in [1.54, 1.807) is 0 Å². The summed E-state index contributed by atoms with van der Waals surface area (Å²) in [5.41, 5.74) is 6.45. The molecule has 6 nitrogen and oxygen atoms in total. The summed E-state index contributed by atoms with van der Waals surface area (Å²) < 4.78 is 16.3. The van der Waals surface area contributed by atoms with Crippen molar-refractivity contribution in [2.45, 2.75) is 37.8 Å². The molecule has 1 aromatic heterocycles. The Morgan fingerprint density at radius 1 is 1.15 bits per heavy atom. The largest absolute Gasteiger partial charge is 0.481 e. The zero-order chi connectivity index (χ0) is 18.4. The molecule has 1 aromatic carbocycles. The van der Waals surface area contributed by atoms with Gasteiger partial charge in [0.25, 0.3) is 0 Å². The Balaban J connectivity index is 1.69. The first kappa shape index (κ1) is 18.4. The molecule has 2 aromatic rings. The van der Waals surface area contributed by atoms with Crippen molar-refractivity contribution in [3.05, 3.63) is 64.2 Å². The Bertz CT molecular complexity index is 793. The fourth-order valence-electron chi connectivity index (χ4n) is 2.97. The van der Waals surface area contributed by atoms with E-state index in [1.165, 1.54) is 12.3 Å². The molecule has 2 N–H and O–H groups in total. The van der Waals surface area contributed by atoms with Gasteiger partial charge in [-0.05, 0) is 24.8 Å². The van der Waals surface area contributed by atoms with Gasteiger partial charge >= 0.3 is 0 Å². The smallest absolute Gasteiger partial charge is 0.227 e. The van der Waals surface area contributed by atoms with E-state index in [0.717, 1.165) is 18.4 Å². The summed E-state index contributed by atoms with van der Waals surface area (Å²) >= 11 is 0. The van der Waals surface area contributed by atoms with Crippen LogP contribution in [0.15, 0.2) is 51.9 Å². The lowest BCUT2D eigenvalue weighted by molar-refractivity contribution is 0.0484. The Kier molecular flexibility index (Phi) is 5.85. The molecule has 26 heavy (non-hydrogen) atoms. The monoisotopic (exact) mass is 357 g/mol. The first-order valence-corrected chi connectivity index (χ1v) is 8.76. The lowest BCUT2D eigenvalue weighted by atomic mass is 9.85. The third-order valence-electron chi connectivity index (χ3n) is 4.65. The Morgan fingerprint density at radius 3 is 2.62 bits per heavy atom. The Morgan fingerprint density at radius 2 is 1.88 bits per heavy atom. The van der Waals surface area contributed by atoms with Crippen molar-refractivity contribution in [1.29, 1.82) is 0 Å². The number of carbonyl (C=O) groups excluding carboxylic acids is 1. The minimum absolute atomic E-state index is 0.0379. The lowest BCUT2D eigenvalue weighted by Gasteiger charge is -2.33. The van der Waals surface area contributed by atoms with Gasteiger partial charge < -0.3 is 19.6 Å². The molecule has 1 aliphatic rings. The Hall–Kier alpha value is -2.44. The van der Waals surface area contributed by atoms with Gasteiger partial charge in [-0.2, -0.15) is 0 Å². The molecule has 0 unspecified atom stereocenters. The molecule has 0 saturated carbocycles. The average molecular weight is 357 g/mol. The SMILES string of the molecule is NC1(CCC(=O)c2occc(=O)c2OCc2ccccc2)CCOCC1. The number of nitrogens with two attached hydrogens (primary N) is 1. The fourth-order valence-corrected chi connectivity index (χ4v) is 2.97. The van der Waals surface area contributed by atoms with E-state index in [2.05, 4.69) is 0 Å². The number of rotatable bonds is 7. The number of hydrogen-bond acceptors (Lipinski definition) is 6. The number of ether oxygens (including phenoxy) is 2. The second-order valence-corrected chi connectivity index (χ2v) is 6.62. The first-order chi connectivity index (χ1) is 12.6. The maximum atomic E-state index is 12.6. The van der Waals surface area contributed by atoms with Gasteiger partial charge in [-0.3, -0.25) is 9.59 Å². The van der Waals surface area contributed by atoms with Gasteiger partial charge in [-0.25, -0.2) is 0 Å². The number of benzene rings is 1. The van der Waals surface area contributed by atoms with Crippen LogP contribution in [0.1, 0.15) is 41.8 Å². The summed E-state index contributed by atoms with van der Waals surface area (Å²) in [5, 5.41) is 0. The van der Waals surface area contributed by atoms with Crippen LogP contribution >= 0.6 is 0 Å². The molecule has 0 amide bonds. The molecular weight excluding hydrogens is 334 g/mol. The highest BCUT2D eigenvalue weighted by Crippen LogP contribution is 2.25. The molecule has 138 valence electrons. The van der Waals surface area contributed by atoms with Crippen LogP contribution < -0.4 is 15.9 Å². The molecule has 1 aliphatic heterocycles. The van der Waals surface area contributed by atoms with Crippen molar-refractivity contribution >= 4 is 5.78 Å². The number of hydrogen-bond donors (Lipinski definition) is 1. The predicted octanol–water partition coefficient (Wildman–Crippen LogP) is 2.69. The van der Waals surface area contributed by atoms with Crippen LogP contribution in [0.5, 0.6) is 5.75 Å². The predicted molar refractivity (Wildman–Crippen MR) is 96.3 cm³/mol. The van der Waals surface area contributed by atoms with Gasteiger partial charge in [0.05, 0.1) is 6.26 Å². The van der Waals surface area contributed by atoms with Crippen LogP contribution in [0.2, 0.25) is 0 Å². The van der Waals surface area contributed by atoms with E-state index < -0.39 is 5.54 Å². The molecule has 0 spiro atoms.